The number of halogens is 2. The largest absolute Gasteiger partial charge is 0.462 e. The predicted octanol–water partition coefficient (Wildman–Crippen LogP) is 3.28. The van der Waals surface area contributed by atoms with Crippen LogP contribution in [-0.2, 0) is 10.1 Å². The van der Waals surface area contributed by atoms with Gasteiger partial charge in [0.15, 0.2) is 0 Å². The van der Waals surface area contributed by atoms with E-state index in [1.54, 1.807) is 13.0 Å². The van der Waals surface area contributed by atoms with Crippen LogP contribution < -0.4 is 0 Å². The van der Waals surface area contributed by atoms with E-state index in [-0.39, 0.29) is 5.02 Å². The van der Waals surface area contributed by atoms with E-state index in [1.165, 1.54) is 6.07 Å². The fourth-order valence-corrected chi connectivity index (χ4v) is 1.95. The molecule has 0 unspecified atom stereocenters. The van der Waals surface area contributed by atoms with E-state index < -0.39 is 5.97 Å². The van der Waals surface area contributed by atoms with Gasteiger partial charge in [0, 0.05) is 5.33 Å². The zero-order chi connectivity index (χ0) is 12.1. The van der Waals surface area contributed by atoms with Crippen molar-refractivity contribution in [3.05, 3.63) is 33.8 Å². The lowest BCUT2D eigenvalue weighted by molar-refractivity contribution is 0.0526. The van der Waals surface area contributed by atoms with Crippen molar-refractivity contribution in [1.29, 1.82) is 5.26 Å². The third-order valence-corrected chi connectivity index (χ3v) is 2.84. The minimum Gasteiger partial charge on any atom is -0.462 e. The van der Waals surface area contributed by atoms with Gasteiger partial charge in [-0.2, -0.15) is 5.26 Å². The molecule has 5 heteroatoms. The zero-order valence-corrected chi connectivity index (χ0v) is 10.9. The molecule has 0 aliphatic rings. The number of hydrogen-bond acceptors (Lipinski definition) is 3. The number of benzene rings is 1. The number of carbonyl (C=O) groups excluding carboxylic acids is 1. The molecule has 0 spiro atoms. The van der Waals surface area contributed by atoms with Gasteiger partial charge in [0.2, 0.25) is 0 Å². The Balaban J connectivity index is 3.21. The van der Waals surface area contributed by atoms with Crippen LogP contribution in [-0.4, -0.2) is 12.6 Å². The van der Waals surface area contributed by atoms with Gasteiger partial charge in [-0.3, -0.25) is 0 Å². The van der Waals surface area contributed by atoms with Crippen LogP contribution in [0.3, 0.4) is 0 Å². The summed E-state index contributed by atoms with van der Waals surface area (Å²) in [5.74, 6) is -0.434. The van der Waals surface area contributed by atoms with Gasteiger partial charge in [0.05, 0.1) is 22.8 Å². The summed E-state index contributed by atoms with van der Waals surface area (Å²) in [5, 5.41) is 9.62. The number of nitrogens with zero attached hydrogens (tertiary/aromatic N) is 1. The van der Waals surface area contributed by atoms with E-state index in [2.05, 4.69) is 15.9 Å². The minimum absolute atomic E-state index is 0.266. The molecule has 16 heavy (non-hydrogen) atoms. The average molecular weight is 303 g/mol. The molecule has 3 nitrogen and oxygen atoms in total. The van der Waals surface area contributed by atoms with E-state index in [1.807, 2.05) is 6.07 Å². The standard InChI is InChI=1S/C11H9BrClNO2/c1-2-16-11(15)7-3-8(5-12)9(6-14)10(13)4-7/h3-4H,2,5H2,1H3. The second-order valence-corrected chi connectivity index (χ2v) is 3.93. The maximum Gasteiger partial charge on any atom is 0.338 e. The number of alkyl halides is 1. The number of rotatable bonds is 3. The van der Waals surface area contributed by atoms with E-state index in [0.29, 0.717) is 28.6 Å². The van der Waals surface area contributed by atoms with Gasteiger partial charge in [-0.25, -0.2) is 4.79 Å². The van der Waals surface area contributed by atoms with Crippen molar-refractivity contribution in [2.75, 3.05) is 6.61 Å². The van der Waals surface area contributed by atoms with Crippen LogP contribution in [0, 0.1) is 11.3 Å². The van der Waals surface area contributed by atoms with Gasteiger partial charge >= 0.3 is 5.97 Å². The first kappa shape index (κ1) is 13.0. The highest BCUT2D eigenvalue weighted by Crippen LogP contribution is 2.24. The topological polar surface area (TPSA) is 50.1 Å². The molecule has 0 N–H and O–H groups in total. The van der Waals surface area contributed by atoms with E-state index >= 15 is 0 Å². The van der Waals surface area contributed by atoms with Gasteiger partial charge < -0.3 is 4.74 Å². The van der Waals surface area contributed by atoms with Crippen molar-refractivity contribution in [2.24, 2.45) is 0 Å². The lowest BCUT2D eigenvalue weighted by Crippen LogP contribution is -2.06. The Bertz CT molecular complexity index is 454. The lowest BCUT2D eigenvalue weighted by atomic mass is 10.1. The fourth-order valence-electron chi connectivity index (χ4n) is 1.23. The monoisotopic (exact) mass is 301 g/mol. The van der Waals surface area contributed by atoms with Crippen molar-refractivity contribution in [1.82, 2.24) is 0 Å². The van der Waals surface area contributed by atoms with Crippen molar-refractivity contribution in [3.63, 3.8) is 0 Å². The third-order valence-electron chi connectivity index (χ3n) is 1.94. The van der Waals surface area contributed by atoms with Crippen LogP contribution >= 0.6 is 27.5 Å². The van der Waals surface area contributed by atoms with Crippen LogP contribution in [0.15, 0.2) is 12.1 Å². The highest BCUT2D eigenvalue weighted by molar-refractivity contribution is 9.08. The normalized spacial score (nSPS) is 9.62. The van der Waals surface area contributed by atoms with E-state index in [9.17, 15) is 4.79 Å². The van der Waals surface area contributed by atoms with Gasteiger partial charge in [-0.15, -0.1) is 0 Å². The third kappa shape index (κ3) is 2.75. The van der Waals surface area contributed by atoms with Gasteiger partial charge in [-0.1, -0.05) is 27.5 Å². The highest BCUT2D eigenvalue weighted by Gasteiger charge is 2.13. The minimum atomic E-state index is -0.434. The first-order valence-corrected chi connectivity index (χ1v) is 6.09. The predicted molar refractivity (Wildman–Crippen MR) is 64.8 cm³/mol. The Morgan fingerprint density at radius 2 is 2.31 bits per heavy atom. The van der Waals surface area contributed by atoms with E-state index in [4.69, 9.17) is 21.6 Å². The van der Waals surface area contributed by atoms with Gasteiger partial charge in [0.1, 0.15) is 6.07 Å². The fraction of sp³-hybridized carbons (Fsp3) is 0.273. The number of nitriles is 1. The van der Waals surface area contributed by atoms with Crippen LogP contribution in [0.4, 0.5) is 0 Å². The molecule has 1 aromatic carbocycles. The number of carbonyl (C=O) groups is 1. The molecule has 0 fully saturated rings. The Morgan fingerprint density at radius 3 is 2.81 bits per heavy atom. The molecule has 0 radical (unpaired) electrons. The van der Waals surface area contributed by atoms with Crippen LogP contribution in [0.2, 0.25) is 5.02 Å². The number of ether oxygens (including phenoxy) is 1. The summed E-state index contributed by atoms with van der Waals surface area (Å²) in [6, 6.07) is 5.06. The van der Waals surface area contributed by atoms with Crippen molar-refractivity contribution < 1.29 is 9.53 Å². The number of hydrogen-bond donors (Lipinski definition) is 0. The average Bonchev–Trinajstić information content (AvgIpc) is 2.28. The summed E-state index contributed by atoms with van der Waals surface area (Å²) in [6.45, 7) is 2.04. The second-order valence-electron chi connectivity index (χ2n) is 2.96. The van der Waals surface area contributed by atoms with Crippen molar-refractivity contribution in [3.8, 4) is 6.07 Å². The summed E-state index contributed by atoms with van der Waals surface area (Å²) < 4.78 is 4.86. The lowest BCUT2D eigenvalue weighted by Gasteiger charge is -2.06. The Morgan fingerprint density at radius 1 is 1.62 bits per heavy atom. The molecule has 0 aliphatic heterocycles. The first-order chi connectivity index (χ1) is 7.63. The molecular weight excluding hydrogens is 293 g/mol. The van der Waals surface area contributed by atoms with Crippen LogP contribution in [0.5, 0.6) is 0 Å². The molecule has 1 rings (SSSR count). The zero-order valence-electron chi connectivity index (χ0n) is 8.59. The van der Waals surface area contributed by atoms with Crippen LogP contribution in [0.25, 0.3) is 0 Å². The SMILES string of the molecule is CCOC(=O)c1cc(Cl)c(C#N)c(CBr)c1. The Kier molecular flexibility index (Phi) is 4.78. The summed E-state index contributed by atoms with van der Waals surface area (Å²) in [7, 11) is 0. The number of esters is 1. The summed E-state index contributed by atoms with van der Waals surface area (Å²) in [5.41, 5.74) is 1.42. The molecule has 0 aromatic heterocycles. The molecule has 1 aromatic rings. The molecular formula is C11H9BrClNO2. The molecule has 0 saturated carbocycles. The first-order valence-electron chi connectivity index (χ1n) is 4.59. The molecule has 0 bridgehead atoms. The summed E-state index contributed by atoms with van der Waals surface area (Å²) in [4.78, 5) is 11.5. The quantitative estimate of drug-likeness (QED) is 0.636. The highest BCUT2D eigenvalue weighted by atomic mass is 79.9. The van der Waals surface area contributed by atoms with E-state index in [0.717, 1.165) is 0 Å². The summed E-state index contributed by atoms with van der Waals surface area (Å²) in [6.07, 6.45) is 0. The maximum absolute atomic E-state index is 11.5. The van der Waals surface area contributed by atoms with Gasteiger partial charge in [0.25, 0.3) is 0 Å². The van der Waals surface area contributed by atoms with Gasteiger partial charge in [-0.05, 0) is 24.6 Å². The molecule has 0 aliphatic carbocycles. The molecule has 0 atom stereocenters. The Hall–Kier alpha value is -1.05. The van der Waals surface area contributed by atoms with Crippen molar-refractivity contribution >= 4 is 33.5 Å². The second kappa shape index (κ2) is 5.88. The smallest absolute Gasteiger partial charge is 0.338 e. The molecule has 84 valence electrons. The van der Waals surface area contributed by atoms with Crippen molar-refractivity contribution in [2.45, 2.75) is 12.3 Å². The maximum atomic E-state index is 11.5. The van der Waals surface area contributed by atoms with Crippen LogP contribution in [0.1, 0.15) is 28.4 Å². The molecule has 0 amide bonds. The molecule has 0 heterocycles. The summed E-state index contributed by atoms with van der Waals surface area (Å²) >= 11 is 9.15. The Labute approximate surface area is 107 Å². The molecule has 0 saturated heterocycles.